The lowest BCUT2D eigenvalue weighted by Gasteiger charge is -2.06. The number of nitrogens with zero attached hydrogens (tertiary/aromatic N) is 3. The number of nitrogen functional groups attached to an aromatic ring is 2. The highest BCUT2D eigenvalue weighted by molar-refractivity contribution is 5.85. The summed E-state index contributed by atoms with van der Waals surface area (Å²) >= 11 is 0. The van der Waals surface area contributed by atoms with Crippen LogP contribution in [0.2, 0.25) is 0 Å². The Morgan fingerprint density at radius 3 is 2.52 bits per heavy atom. The summed E-state index contributed by atoms with van der Waals surface area (Å²) in [6.07, 6.45) is 0. The van der Waals surface area contributed by atoms with E-state index in [2.05, 4.69) is 15.0 Å². The van der Waals surface area contributed by atoms with Gasteiger partial charge < -0.3 is 11.5 Å². The van der Waals surface area contributed by atoms with Crippen molar-refractivity contribution in [2.24, 2.45) is 0 Å². The zero-order chi connectivity index (χ0) is 14.3. The summed E-state index contributed by atoms with van der Waals surface area (Å²) in [5, 5.41) is 0. The maximum absolute atomic E-state index is 12.9. The Balaban J connectivity index is 0.00000161. The van der Waals surface area contributed by atoms with Gasteiger partial charge in [0.2, 0.25) is 11.9 Å². The molecule has 0 unspecified atom stereocenters. The maximum atomic E-state index is 12.9. The lowest BCUT2D eigenvalue weighted by molar-refractivity contribution is 0.626. The number of benzene rings is 1. The van der Waals surface area contributed by atoms with Crippen LogP contribution in [-0.2, 0) is 6.54 Å². The molecule has 3 rings (SSSR count). The molecule has 0 fully saturated rings. The summed E-state index contributed by atoms with van der Waals surface area (Å²) in [5.41, 5.74) is 12.1. The SMILES string of the molecule is Cl.Nc1nc2c(nc(N)n2Cc2ccc(F)cc2)c(=O)[nH]1. The highest BCUT2D eigenvalue weighted by atomic mass is 35.5. The van der Waals surface area contributed by atoms with Gasteiger partial charge in [0.25, 0.3) is 5.56 Å². The first-order chi connectivity index (χ1) is 9.54. The molecule has 0 saturated carbocycles. The van der Waals surface area contributed by atoms with Gasteiger partial charge in [-0.2, -0.15) is 4.98 Å². The predicted octanol–water partition coefficient (Wildman–Crippen LogP) is 0.893. The van der Waals surface area contributed by atoms with Gasteiger partial charge in [-0.3, -0.25) is 14.3 Å². The summed E-state index contributed by atoms with van der Waals surface area (Å²) in [6.45, 7) is 0.318. The van der Waals surface area contributed by atoms with Gasteiger partial charge in [0, 0.05) is 0 Å². The summed E-state index contributed by atoms with van der Waals surface area (Å²) < 4.78 is 14.4. The fraction of sp³-hybridized carbons (Fsp3) is 0.0833. The van der Waals surface area contributed by atoms with Crippen LogP contribution >= 0.6 is 12.4 Å². The number of H-pyrrole nitrogens is 1. The lowest BCUT2D eigenvalue weighted by atomic mass is 10.2. The van der Waals surface area contributed by atoms with Crippen LogP contribution in [0.3, 0.4) is 0 Å². The van der Waals surface area contributed by atoms with Gasteiger partial charge in [-0.1, -0.05) is 12.1 Å². The van der Waals surface area contributed by atoms with Crippen molar-refractivity contribution in [3.05, 3.63) is 46.0 Å². The molecule has 0 spiro atoms. The molecular weight excluding hydrogens is 299 g/mol. The number of nitrogens with one attached hydrogen (secondary N) is 1. The molecular formula is C12H12ClFN6O. The third-order valence-electron chi connectivity index (χ3n) is 2.91. The van der Waals surface area contributed by atoms with Gasteiger partial charge in [-0.15, -0.1) is 12.4 Å². The van der Waals surface area contributed by atoms with Crippen molar-refractivity contribution in [2.45, 2.75) is 6.54 Å². The van der Waals surface area contributed by atoms with Crippen molar-refractivity contribution in [1.82, 2.24) is 19.5 Å². The number of rotatable bonds is 2. The van der Waals surface area contributed by atoms with Gasteiger partial charge in [-0.25, -0.2) is 9.37 Å². The van der Waals surface area contributed by atoms with E-state index in [4.69, 9.17) is 11.5 Å². The first kappa shape index (κ1) is 14.8. The first-order valence-electron chi connectivity index (χ1n) is 5.80. The van der Waals surface area contributed by atoms with Crippen molar-refractivity contribution >= 4 is 35.5 Å². The van der Waals surface area contributed by atoms with E-state index in [1.807, 2.05) is 0 Å². The highest BCUT2D eigenvalue weighted by Gasteiger charge is 2.13. The fourth-order valence-electron chi connectivity index (χ4n) is 1.97. The molecule has 2 aromatic heterocycles. The predicted molar refractivity (Wildman–Crippen MR) is 79.7 cm³/mol. The fourth-order valence-corrected chi connectivity index (χ4v) is 1.97. The first-order valence-corrected chi connectivity index (χ1v) is 5.80. The molecule has 0 radical (unpaired) electrons. The smallest absolute Gasteiger partial charge is 0.280 e. The molecule has 0 amide bonds. The number of halogens is 2. The van der Waals surface area contributed by atoms with E-state index in [1.165, 1.54) is 12.1 Å². The molecule has 110 valence electrons. The second-order valence-corrected chi connectivity index (χ2v) is 4.31. The monoisotopic (exact) mass is 310 g/mol. The molecule has 1 aromatic carbocycles. The Morgan fingerprint density at radius 2 is 1.86 bits per heavy atom. The molecule has 5 N–H and O–H groups in total. The standard InChI is InChI=1S/C12H11FN6O.ClH/c13-7-3-1-6(2-4-7)5-19-9-8(16-12(19)15)10(20)18-11(14)17-9;/h1-4H,5H2,(H2,15,16)(H3,14,17,18,20);1H. The van der Waals surface area contributed by atoms with Crippen molar-refractivity contribution in [2.75, 3.05) is 11.5 Å². The van der Waals surface area contributed by atoms with E-state index in [9.17, 15) is 9.18 Å². The van der Waals surface area contributed by atoms with Crippen molar-refractivity contribution in [3.63, 3.8) is 0 Å². The molecule has 2 heterocycles. The quantitative estimate of drug-likeness (QED) is 0.650. The number of hydrogen-bond acceptors (Lipinski definition) is 5. The van der Waals surface area contributed by atoms with Crippen molar-refractivity contribution < 1.29 is 4.39 Å². The van der Waals surface area contributed by atoms with Gasteiger partial charge in [0.1, 0.15) is 5.82 Å². The molecule has 0 bridgehead atoms. The van der Waals surface area contributed by atoms with Gasteiger partial charge in [0.05, 0.1) is 6.54 Å². The number of aromatic amines is 1. The van der Waals surface area contributed by atoms with E-state index in [1.54, 1.807) is 16.7 Å². The Kier molecular flexibility index (Phi) is 3.81. The third kappa shape index (κ3) is 2.65. The van der Waals surface area contributed by atoms with Crippen LogP contribution in [0.1, 0.15) is 5.56 Å². The number of nitrogens with two attached hydrogens (primary N) is 2. The summed E-state index contributed by atoms with van der Waals surface area (Å²) in [4.78, 5) is 22.1. The van der Waals surface area contributed by atoms with Crippen LogP contribution in [0.5, 0.6) is 0 Å². The molecule has 3 aromatic rings. The highest BCUT2D eigenvalue weighted by Crippen LogP contribution is 2.15. The molecule has 0 atom stereocenters. The lowest BCUT2D eigenvalue weighted by Crippen LogP contribution is -2.12. The minimum atomic E-state index is -0.447. The van der Waals surface area contributed by atoms with Crippen LogP contribution in [0.25, 0.3) is 11.2 Å². The Labute approximate surface area is 124 Å². The molecule has 0 aliphatic carbocycles. The topological polar surface area (TPSA) is 116 Å². The molecule has 0 saturated heterocycles. The minimum Gasteiger partial charge on any atom is -0.369 e. The van der Waals surface area contributed by atoms with Gasteiger partial charge in [0.15, 0.2) is 11.2 Å². The second kappa shape index (κ2) is 5.41. The molecule has 0 aliphatic heterocycles. The van der Waals surface area contributed by atoms with Gasteiger partial charge >= 0.3 is 0 Å². The second-order valence-electron chi connectivity index (χ2n) is 4.31. The van der Waals surface area contributed by atoms with Crippen LogP contribution < -0.4 is 17.0 Å². The number of aromatic nitrogens is 4. The largest absolute Gasteiger partial charge is 0.369 e. The molecule has 0 aliphatic rings. The van der Waals surface area contributed by atoms with E-state index in [0.717, 1.165) is 5.56 Å². The zero-order valence-corrected chi connectivity index (χ0v) is 11.5. The summed E-state index contributed by atoms with van der Waals surface area (Å²) in [5.74, 6) is -0.188. The third-order valence-corrected chi connectivity index (χ3v) is 2.91. The Hall–Kier alpha value is -2.61. The summed E-state index contributed by atoms with van der Waals surface area (Å²) in [7, 11) is 0. The average Bonchev–Trinajstić information content (AvgIpc) is 2.70. The van der Waals surface area contributed by atoms with Crippen molar-refractivity contribution in [1.29, 1.82) is 0 Å². The minimum absolute atomic E-state index is 0. The normalized spacial score (nSPS) is 10.5. The van der Waals surface area contributed by atoms with Crippen LogP contribution in [-0.4, -0.2) is 19.5 Å². The zero-order valence-electron chi connectivity index (χ0n) is 10.7. The number of anilines is 2. The van der Waals surface area contributed by atoms with Crippen LogP contribution in [0, 0.1) is 5.82 Å². The molecule has 21 heavy (non-hydrogen) atoms. The van der Waals surface area contributed by atoms with Crippen molar-refractivity contribution in [3.8, 4) is 0 Å². The van der Waals surface area contributed by atoms with E-state index < -0.39 is 5.56 Å². The van der Waals surface area contributed by atoms with Crippen LogP contribution in [0.4, 0.5) is 16.3 Å². The Bertz CT molecular complexity index is 841. The maximum Gasteiger partial charge on any atom is 0.280 e. The number of hydrogen-bond donors (Lipinski definition) is 3. The Morgan fingerprint density at radius 1 is 1.19 bits per heavy atom. The van der Waals surface area contributed by atoms with E-state index >= 15 is 0 Å². The van der Waals surface area contributed by atoms with E-state index in [0.29, 0.717) is 12.2 Å². The summed E-state index contributed by atoms with van der Waals surface area (Å²) in [6, 6.07) is 5.94. The van der Waals surface area contributed by atoms with E-state index in [-0.39, 0.29) is 35.6 Å². The molecule has 7 nitrogen and oxygen atoms in total. The van der Waals surface area contributed by atoms with Gasteiger partial charge in [-0.05, 0) is 17.7 Å². The number of imidazole rings is 1. The number of fused-ring (bicyclic) bond motifs is 1. The average molecular weight is 311 g/mol. The van der Waals surface area contributed by atoms with Crippen LogP contribution in [0.15, 0.2) is 29.1 Å². The molecule has 9 heteroatoms.